The van der Waals surface area contributed by atoms with Gasteiger partial charge in [-0.05, 0) is 37.6 Å². The minimum atomic E-state index is -0.205. The molecule has 2 aromatic rings. The molecule has 1 heterocycles. The number of furan rings is 1. The maximum absolute atomic E-state index is 12.8. The quantitative estimate of drug-likeness (QED) is 0.868. The summed E-state index contributed by atoms with van der Waals surface area (Å²) in [5.74, 6) is -0.205. The first-order chi connectivity index (χ1) is 8.16. The predicted octanol–water partition coefficient (Wildman–Crippen LogP) is 3.83. The number of nitrogens with one attached hydrogen (secondary N) is 1. The van der Waals surface area contributed by atoms with Gasteiger partial charge in [-0.15, -0.1) is 0 Å². The Bertz CT molecular complexity index is 450. The van der Waals surface area contributed by atoms with Crippen LogP contribution in [0.25, 0.3) is 0 Å². The molecule has 0 amide bonds. The van der Waals surface area contributed by atoms with Crippen molar-refractivity contribution >= 4 is 0 Å². The maximum Gasteiger partial charge on any atom is 0.123 e. The van der Waals surface area contributed by atoms with Crippen molar-refractivity contribution in [2.45, 2.75) is 25.9 Å². The molecule has 2 rings (SSSR count). The van der Waals surface area contributed by atoms with E-state index in [1.54, 1.807) is 24.7 Å². The molecule has 90 valence electrons. The van der Waals surface area contributed by atoms with Crippen molar-refractivity contribution in [1.29, 1.82) is 0 Å². The van der Waals surface area contributed by atoms with Crippen LogP contribution < -0.4 is 5.32 Å². The standard InChI is InChI=1S/C14H16FNO/c1-10(12-3-5-14(15)6-4-12)16-11(2)13-7-8-17-9-13/h3-11,16H,1-2H3/t10-,11?/m1/s1. The van der Waals surface area contributed by atoms with Crippen molar-refractivity contribution < 1.29 is 8.81 Å². The van der Waals surface area contributed by atoms with Gasteiger partial charge < -0.3 is 9.73 Å². The number of halogens is 1. The summed E-state index contributed by atoms with van der Waals surface area (Å²) in [7, 11) is 0. The van der Waals surface area contributed by atoms with Crippen molar-refractivity contribution in [3.8, 4) is 0 Å². The molecule has 0 spiro atoms. The van der Waals surface area contributed by atoms with E-state index in [4.69, 9.17) is 4.42 Å². The van der Waals surface area contributed by atoms with Gasteiger partial charge in [0.1, 0.15) is 5.82 Å². The summed E-state index contributed by atoms with van der Waals surface area (Å²) in [5.41, 5.74) is 2.18. The van der Waals surface area contributed by atoms with Crippen LogP contribution in [0.5, 0.6) is 0 Å². The molecular weight excluding hydrogens is 217 g/mol. The topological polar surface area (TPSA) is 25.2 Å². The van der Waals surface area contributed by atoms with Crippen molar-refractivity contribution in [1.82, 2.24) is 5.32 Å². The number of benzene rings is 1. The Kier molecular flexibility index (Phi) is 3.59. The summed E-state index contributed by atoms with van der Waals surface area (Å²) in [4.78, 5) is 0. The summed E-state index contributed by atoms with van der Waals surface area (Å²) >= 11 is 0. The molecule has 1 aromatic heterocycles. The monoisotopic (exact) mass is 233 g/mol. The maximum atomic E-state index is 12.8. The van der Waals surface area contributed by atoms with Crippen LogP contribution in [0.1, 0.15) is 37.1 Å². The zero-order chi connectivity index (χ0) is 12.3. The van der Waals surface area contributed by atoms with Gasteiger partial charge in [0.05, 0.1) is 12.5 Å². The molecule has 2 atom stereocenters. The highest BCUT2D eigenvalue weighted by Gasteiger charge is 2.11. The first-order valence-corrected chi connectivity index (χ1v) is 5.70. The summed E-state index contributed by atoms with van der Waals surface area (Å²) in [6.45, 7) is 4.13. The van der Waals surface area contributed by atoms with Gasteiger partial charge in [-0.25, -0.2) is 4.39 Å². The van der Waals surface area contributed by atoms with E-state index in [1.807, 2.05) is 6.07 Å². The summed E-state index contributed by atoms with van der Waals surface area (Å²) in [5, 5.41) is 3.44. The summed E-state index contributed by atoms with van der Waals surface area (Å²) in [6.07, 6.45) is 3.39. The Morgan fingerprint density at radius 1 is 1.00 bits per heavy atom. The van der Waals surface area contributed by atoms with Gasteiger partial charge in [-0.2, -0.15) is 0 Å². The third kappa shape index (κ3) is 2.94. The lowest BCUT2D eigenvalue weighted by Crippen LogP contribution is -2.22. The fraction of sp³-hybridized carbons (Fsp3) is 0.286. The van der Waals surface area contributed by atoms with Gasteiger partial charge in [0.2, 0.25) is 0 Å². The van der Waals surface area contributed by atoms with E-state index in [0.717, 1.165) is 11.1 Å². The highest BCUT2D eigenvalue weighted by molar-refractivity contribution is 5.20. The summed E-state index contributed by atoms with van der Waals surface area (Å²) in [6, 6.07) is 8.87. The second-order valence-corrected chi connectivity index (χ2v) is 4.22. The average Bonchev–Trinajstić information content (AvgIpc) is 2.83. The molecule has 2 nitrogen and oxygen atoms in total. The van der Waals surface area contributed by atoms with Crippen LogP contribution in [-0.4, -0.2) is 0 Å². The first-order valence-electron chi connectivity index (χ1n) is 5.70. The molecule has 1 unspecified atom stereocenters. The van der Waals surface area contributed by atoms with Gasteiger partial charge >= 0.3 is 0 Å². The lowest BCUT2D eigenvalue weighted by atomic mass is 10.1. The fourth-order valence-corrected chi connectivity index (χ4v) is 1.84. The zero-order valence-corrected chi connectivity index (χ0v) is 9.98. The van der Waals surface area contributed by atoms with Crippen LogP contribution in [0.4, 0.5) is 4.39 Å². The molecule has 0 aliphatic rings. The molecule has 17 heavy (non-hydrogen) atoms. The van der Waals surface area contributed by atoms with Gasteiger partial charge in [-0.3, -0.25) is 0 Å². The number of hydrogen-bond donors (Lipinski definition) is 1. The molecular formula is C14H16FNO. The number of hydrogen-bond acceptors (Lipinski definition) is 2. The van der Waals surface area contributed by atoms with Crippen LogP contribution >= 0.6 is 0 Å². The van der Waals surface area contributed by atoms with E-state index in [0.29, 0.717) is 0 Å². The minimum Gasteiger partial charge on any atom is -0.472 e. The molecule has 1 aromatic carbocycles. The molecule has 0 fully saturated rings. The predicted molar refractivity (Wildman–Crippen MR) is 65.1 cm³/mol. The van der Waals surface area contributed by atoms with Crippen LogP contribution in [0.2, 0.25) is 0 Å². The zero-order valence-electron chi connectivity index (χ0n) is 9.98. The molecule has 0 aliphatic carbocycles. The van der Waals surface area contributed by atoms with Crippen molar-refractivity contribution in [3.63, 3.8) is 0 Å². The van der Waals surface area contributed by atoms with E-state index in [2.05, 4.69) is 19.2 Å². The lowest BCUT2D eigenvalue weighted by molar-refractivity contribution is 0.485. The van der Waals surface area contributed by atoms with Crippen LogP contribution in [-0.2, 0) is 0 Å². The minimum absolute atomic E-state index is 0.167. The van der Waals surface area contributed by atoms with Gasteiger partial charge in [0.15, 0.2) is 0 Å². The Morgan fingerprint density at radius 3 is 2.24 bits per heavy atom. The lowest BCUT2D eigenvalue weighted by Gasteiger charge is -2.19. The fourth-order valence-electron chi connectivity index (χ4n) is 1.84. The smallest absolute Gasteiger partial charge is 0.123 e. The SMILES string of the molecule is CC(N[C@H](C)c1ccc(F)cc1)c1ccoc1. The van der Waals surface area contributed by atoms with Crippen molar-refractivity contribution in [2.75, 3.05) is 0 Å². The second-order valence-electron chi connectivity index (χ2n) is 4.22. The Hall–Kier alpha value is -1.61. The Morgan fingerprint density at radius 2 is 1.65 bits per heavy atom. The molecule has 0 aliphatic heterocycles. The van der Waals surface area contributed by atoms with Crippen LogP contribution in [0, 0.1) is 5.82 Å². The molecule has 3 heteroatoms. The summed E-state index contributed by atoms with van der Waals surface area (Å²) < 4.78 is 17.9. The van der Waals surface area contributed by atoms with E-state index in [1.165, 1.54) is 12.1 Å². The van der Waals surface area contributed by atoms with Crippen LogP contribution in [0.15, 0.2) is 47.3 Å². The third-order valence-corrected chi connectivity index (χ3v) is 2.91. The van der Waals surface area contributed by atoms with E-state index < -0.39 is 0 Å². The third-order valence-electron chi connectivity index (χ3n) is 2.91. The van der Waals surface area contributed by atoms with Gasteiger partial charge in [0, 0.05) is 17.6 Å². The second kappa shape index (κ2) is 5.15. The molecule has 0 saturated heterocycles. The van der Waals surface area contributed by atoms with E-state index in [-0.39, 0.29) is 17.9 Å². The normalized spacial score (nSPS) is 14.5. The highest BCUT2D eigenvalue weighted by Crippen LogP contribution is 2.19. The molecule has 0 radical (unpaired) electrons. The molecule has 0 bridgehead atoms. The molecule has 0 saturated carbocycles. The average molecular weight is 233 g/mol. The van der Waals surface area contributed by atoms with Gasteiger partial charge in [-0.1, -0.05) is 12.1 Å². The highest BCUT2D eigenvalue weighted by atomic mass is 19.1. The van der Waals surface area contributed by atoms with Crippen molar-refractivity contribution in [2.24, 2.45) is 0 Å². The Labute approximate surface area is 100 Å². The van der Waals surface area contributed by atoms with Crippen LogP contribution in [0.3, 0.4) is 0 Å². The number of rotatable bonds is 4. The van der Waals surface area contributed by atoms with E-state index in [9.17, 15) is 4.39 Å². The van der Waals surface area contributed by atoms with E-state index >= 15 is 0 Å². The van der Waals surface area contributed by atoms with Gasteiger partial charge in [0.25, 0.3) is 0 Å². The Balaban J connectivity index is 2.01. The van der Waals surface area contributed by atoms with Crippen molar-refractivity contribution in [3.05, 3.63) is 59.8 Å². The first kappa shape index (κ1) is 11.9. The largest absolute Gasteiger partial charge is 0.472 e. The molecule has 1 N–H and O–H groups in total.